The first-order valence-electron chi connectivity index (χ1n) is 7.77. The van der Waals surface area contributed by atoms with Gasteiger partial charge in [-0.15, -0.1) is 0 Å². The molecule has 0 amide bonds. The summed E-state index contributed by atoms with van der Waals surface area (Å²) in [5.41, 5.74) is 3.29. The van der Waals surface area contributed by atoms with Crippen LogP contribution in [-0.2, 0) is 13.0 Å². The number of benzene rings is 1. The maximum atomic E-state index is 10.2. The molecular weight excluding hydrogens is 290 g/mol. The summed E-state index contributed by atoms with van der Waals surface area (Å²) >= 11 is 0. The first kappa shape index (κ1) is 13.8. The summed E-state index contributed by atoms with van der Waals surface area (Å²) in [7, 11) is 0. The summed E-state index contributed by atoms with van der Waals surface area (Å²) in [6, 6.07) is 9.01. The fourth-order valence-corrected chi connectivity index (χ4v) is 3.21. The molecule has 23 heavy (non-hydrogen) atoms. The highest BCUT2D eigenvalue weighted by Crippen LogP contribution is 2.38. The average Bonchev–Trinajstić information content (AvgIpc) is 2.95. The number of hydrogen-bond acceptors (Lipinski definition) is 4. The Kier molecular flexibility index (Phi) is 3.26. The Bertz CT molecular complexity index is 800. The van der Waals surface area contributed by atoms with Crippen LogP contribution in [0.3, 0.4) is 0 Å². The number of para-hydroxylation sites is 1. The number of pyridine rings is 1. The molecule has 0 saturated heterocycles. The second kappa shape index (κ2) is 5.43. The van der Waals surface area contributed by atoms with Crippen LogP contribution in [0, 0.1) is 0 Å². The minimum Gasteiger partial charge on any atom is -0.507 e. The molecule has 4 rings (SSSR count). The van der Waals surface area contributed by atoms with Crippen molar-refractivity contribution in [3.05, 3.63) is 48.4 Å². The number of aromatic hydroxyl groups is 2. The van der Waals surface area contributed by atoms with Crippen molar-refractivity contribution >= 4 is 0 Å². The third-order valence-corrected chi connectivity index (χ3v) is 4.32. The van der Waals surface area contributed by atoms with Gasteiger partial charge in [-0.3, -0.25) is 4.98 Å². The lowest BCUT2D eigenvalue weighted by Gasteiger charge is -2.18. The summed E-state index contributed by atoms with van der Waals surface area (Å²) in [6.45, 7) is 0.873. The van der Waals surface area contributed by atoms with E-state index in [1.807, 2.05) is 12.1 Å². The van der Waals surface area contributed by atoms with E-state index in [1.54, 1.807) is 24.4 Å². The van der Waals surface area contributed by atoms with Crippen LogP contribution in [0.25, 0.3) is 22.6 Å². The maximum Gasteiger partial charge on any atom is 0.144 e. The third-order valence-electron chi connectivity index (χ3n) is 4.32. The molecule has 5 heteroatoms. The van der Waals surface area contributed by atoms with E-state index in [-0.39, 0.29) is 11.5 Å². The molecule has 0 fully saturated rings. The molecule has 0 radical (unpaired) electrons. The van der Waals surface area contributed by atoms with E-state index in [4.69, 9.17) is 4.98 Å². The summed E-state index contributed by atoms with van der Waals surface area (Å²) < 4.78 is 2.16. The molecule has 0 unspecified atom stereocenters. The first-order valence-corrected chi connectivity index (χ1v) is 7.77. The molecule has 1 aliphatic rings. The van der Waals surface area contributed by atoms with Crippen LogP contribution in [0.1, 0.15) is 18.5 Å². The fraction of sp³-hybridized carbons (Fsp3) is 0.222. The van der Waals surface area contributed by atoms with E-state index >= 15 is 0 Å². The van der Waals surface area contributed by atoms with Crippen LogP contribution in [0.15, 0.2) is 42.7 Å². The number of hydrogen-bond donors (Lipinski definition) is 2. The zero-order chi connectivity index (χ0) is 15.8. The van der Waals surface area contributed by atoms with Gasteiger partial charge in [-0.05, 0) is 37.5 Å². The Morgan fingerprint density at radius 3 is 2.65 bits per heavy atom. The average molecular weight is 307 g/mol. The van der Waals surface area contributed by atoms with Gasteiger partial charge in [0.15, 0.2) is 0 Å². The number of phenolic OH excluding ortho intramolecular Hbond substituents is 1. The fourth-order valence-electron chi connectivity index (χ4n) is 3.21. The van der Waals surface area contributed by atoms with Crippen LogP contribution in [-0.4, -0.2) is 24.7 Å². The highest BCUT2D eigenvalue weighted by atomic mass is 16.3. The molecular formula is C18H17N3O2. The smallest absolute Gasteiger partial charge is 0.144 e. The van der Waals surface area contributed by atoms with Gasteiger partial charge in [0, 0.05) is 24.0 Å². The highest BCUT2D eigenvalue weighted by molar-refractivity contribution is 5.74. The predicted molar refractivity (Wildman–Crippen MR) is 87.2 cm³/mol. The Morgan fingerprint density at radius 2 is 1.83 bits per heavy atom. The molecule has 0 atom stereocenters. The van der Waals surface area contributed by atoms with E-state index in [0.29, 0.717) is 5.56 Å². The molecule has 0 bridgehead atoms. The molecule has 2 aromatic heterocycles. The van der Waals surface area contributed by atoms with Crippen LogP contribution >= 0.6 is 0 Å². The Labute approximate surface area is 133 Å². The van der Waals surface area contributed by atoms with Crippen molar-refractivity contribution in [2.24, 2.45) is 0 Å². The molecule has 1 aromatic carbocycles. The molecule has 3 aromatic rings. The van der Waals surface area contributed by atoms with E-state index in [1.165, 1.54) is 6.20 Å². The quantitative estimate of drug-likeness (QED) is 0.761. The zero-order valence-corrected chi connectivity index (χ0v) is 12.6. The second-order valence-corrected chi connectivity index (χ2v) is 5.75. The van der Waals surface area contributed by atoms with Gasteiger partial charge in [0.1, 0.15) is 17.3 Å². The van der Waals surface area contributed by atoms with E-state index in [2.05, 4.69) is 9.55 Å². The van der Waals surface area contributed by atoms with Crippen molar-refractivity contribution in [3.8, 4) is 34.1 Å². The van der Waals surface area contributed by atoms with Crippen molar-refractivity contribution in [2.75, 3.05) is 0 Å². The number of imidazole rings is 1. The molecule has 0 aliphatic carbocycles. The Morgan fingerprint density at radius 1 is 0.957 bits per heavy atom. The van der Waals surface area contributed by atoms with E-state index in [9.17, 15) is 10.2 Å². The molecule has 2 N–H and O–H groups in total. The van der Waals surface area contributed by atoms with Crippen LogP contribution in [0.2, 0.25) is 0 Å². The summed E-state index contributed by atoms with van der Waals surface area (Å²) in [4.78, 5) is 8.71. The van der Waals surface area contributed by atoms with Crippen molar-refractivity contribution in [2.45, 2.75) is 25.8 Å². The van der Waals surface area contributed by atoms with Crippen LogP contribution in [0.4, 0.5) is 0 Å². The SMILES string of the molecule is Oc1cnccc1-c1nc(-c2ccccc2O)n2c1CCCC2. The van der Waals surface area contributed by atoms with Gasteiger partial charge in [-0.25, -0.2) is 4.98 Å². The Hall–Kier alpha value is -2.82. The Balaban J connectivity index is 1.96. The standard InChI is InChI=1S/C18H17N3O2/c22-15-7-2-1-5-13(15)18-20-17(12-8-9-19-11-16(12)23)14-6-3-4-10-21(14)18/h1-2,5,7-9,11,22-23H,3-4,6,10H2. The summed E-state index contributed by atoms with van der Waals surface area (Å²) in [6.07, 6.45) is 6.20. The van der Waals surface area contributed by atoms with Gasteiger partial charge >= 0.3 is 0 Å². The van der Waals surface area contributed by atoms with Gasteiger partial charge in [0.2, 0.25) is 0 Å². The number of fused-ring (bicyclic) bond motifs is 1. The van der Waals surface area contributed by atoms with Crippen LogP contribution < -0.4 is 0 Å². The summed E-state index contributed by atoms with van der Waals surface area (Å²) in [5.74, 6) is 1.10. The minimum atomic E-state index is 0.128. The molecule has 5 nitrogen and oxygen atoms in total. The van der Waals surface area contributed by atoms with Gasteiger partial charge < -0.3 is 14.8 Å². The monoisotopic (exact) mass is 307 g/mol. The summed E-state index contributed by atoms with van der Waals surface area (Å²) in [5, 5.41) is 20.3. The minimum absolute atomic E-state index is 0.128. The predicted octanol–water partition coefficient (Wildman–Crippen LogP) is 3.36. The zero-order valence-electron chi connectivity index (χ0n) is 12.6. The van der Waals surface area contributed by atoms with Gasteiger partial charge in [0.05, 0.1) is 17.5 Å². The lowest BCUT2D eigenvalue weighted by molar-refractivity contribution is 0.473. The number of phenols is 1. The second-order valence-electron chi connectivity index (χ2n) is 5.75. The normalized spacial score (nSPS) is 13.7. The maximum absolute atomic E-state index is 10.2. The third kappa shape index (κ3) is 2.25. The van der Waals surface area contributed by atoms with Gasteiger partial charge in [0.25, 0.3) is 0 Å². The number of aromatic nitrogens is 3. The highest BCUT2D eigenvalue weighted by Gasteiger charge is 2.24. The largest absolute Gasteiger partial charge is 0.507 e. The number of nitrogens with zero attached hydrogens (tertiary/aromatic N) is 3. The van der Waals surface area contributed by atoms with Crippen molar-refractivity contribution in [1.29, 1.82) is 0 Å². The topological polar surface area (TPSA) is 71.2 Å². The van der Waals surface area contributed by atoms with Crippen molar-refractivity contribution in [1.82, 2.24) is 14.5 Å². The van der Waals surface area contributed by atoms with Crippen molar-refractivity contribution in [3.63, 3.8) is 0 Å². The van der Waals surface area contributed by atoms with Gasteiger partial charge in [-0.1, -0.05) is 12.1 Å². The molecule has 0 spiro atoms. The molecule has 1 aliphatic heterocycles. The molecule has 0 saturated carbocycles. The van der Waals surface area contributed by atoms with Crippen molar-refractivity contribution < 1.29 is 10.2 Å². The molecule has 116 valence electrons. The lowest BCUT2D eigenvalue weighted by Crippen LogP contribution is -2.11. The lowest BCUT2D eigenvalue weighted by atomic mass is 10.0. The first-order chi connectivity index (χ1) is 11.3. The van der Waals surface area contributed by atoms with Crippen LogP contribution in [0.5, 0.6) is 11.5 Å². The molecule has 3 heterocycles. The van der Waals surface area contributed by atoms with E-state index < -0.39 is 0 Å². The van der Waals surface area contributed by atoms with E-state index in [0.717, 1.165) is 48.6 Å². The number of rotatable bonds is 2. The van der Waals surface area contributed by atoms with Gasteiger partial charge in [-0.2, -0.15) is 0 Å².